The maximum Gasteiger partial charge on any atom is 0.416 e. The van der Waals surface area contributed by atoms with Gasteiger partial charge in [-0.3, -0.25) is 4.79 Å². The summed E-state index contributed by atoms with van der Waals surface area (Å²) >= 11 is 0. The second-order valence-electron chi connectivity index (χ2n) is 8.69. The summed E-state index contributed by atoms with van der Waals surface area (Å²) in [6, 6.07) is 20.0. The third-order valence-corrected chi connectivity index (χ3v) is 6.17. The molecule has 1 fully saturated rings. The highest BCUT2D eigenvalue weighted by atomic mass is 19.4. The number of piperazine rings is 1. The summed E-state index contributed by atoms with van der Waals surface area (Å²) < 4.78 is 44.9. The molecule has 9 heteroatoms. The van der Waals surface area contributed by atoms with E-state index >= 15 is 0 Å². The molecule has 0 radical (unpaired) electrons. The Balaban J connectivity index is 1.23. The number of hydrogen-bond acceptors (Lipinski definition) is 5. The van der Waals surface area contributed by atoms with Gasteiger partial charge in [-0.05, 0) is 61.5 Å². The van der Waals surface area contributed by atoms with Crippen LogP contribution in [0, 0.1) is 6.92 Å². The molecule has 0 saturated carbocycles. The minimum absolute atomic E-state index is 0.128. The highest BCUT2D eigenvalue weighted by Gasteiger charge is 2.31. The molecule has 5 rings (SSSR count). The van der Waals surface area contributed by atoms with Gasteiger partial charge in [0.1, 0.15) is 0 Å². The van der Waals surface area contributed by atoms with E-state index in [4.69, 9.17) is 4.42 Å². The zero-order valence-electron chi connectivity index (χ0n) is 19.5. The van der Waals surface area contributed by atoms with Crippen LogP contribution in [0.5, 0.6) is 0 Å². The lowest BCUT2D eigenvalue weighted by atomic mass is 10.1. The van der Waals surface area contributed by atoms with E-state index in [1.165, 1.54) is 6.07 Å². The van der Waals surface area contributed by atoms with Gasteiger partial charge in [0.25, 0.3) is 5.91 Å². The second kappa shape index (κ2) is 9.49. The van der Waals surface area contributed by atoms with Crippen molar-refractivity contribution >= 4 is 11.6 Å². The number of anilines is 1. The van der Waals surface area contributed by atoms with Crippen molar-refractivity contribution in [3.8, 4) is 22.9 Å². The Morgan fingerprint density at radius 2 is 1.50 bits per heavy atom. The van der Waals surface area contributed by atoms with E-state index in [2.05, 4.69) is 10.2 Å². The van der Waals surface area contributed by atoms with Crippen molar-refractivity contribution < 1.29 is 22.4 Å². The first-order valence-corrected chi connectivity index (χ1v) is 11.5. The van der Waals surface area contributed by atoms with Gasteiger partial charge in [0.15, 0.2) is 0 Å². The summed E-state index contributed by atoms with van der Waals surface area (Å²) in [6.45, 7) is 3.73. The van der Waals surface area contributed by atoms with Crippen LogP contribution in [0.4, 0.5) is 18.9 Å². The predicted molar refractivity (Wildman–Crippen MR) is 129 cm³/mol. The molecule has 3 aromatic carbocycles. The van der Waals surface area contributed by atoms with Crippen molar-refractivity contribution in [1.29, 1.82) is 0 Å². The van der Waals surface area contributed by atoms with E-state index in [0.717, 1.165) is 23.3 Å². The van der Waals surface area contributed by atoms with E-state index in [1.807, 2.05) is 36.1 Å². The average Bonchev–Trinajstić information content (AvgIpc) is 3.39. The number of alkyl halides is 3. The summed E-state index contributed by atoms with van der Waals surface area (Å²) in [5.74, 6) is 0.656. The molecule has 1 aliphatic rings. The molecule has 0 bridgehead atoms. The zero-order chi connectivity index (χ0) is 25.3. The molecule has 0 atom stereocenters. The van der Waals surface area contributed by atoms with Gasteiger partial charge in [-0.2, -0.15) is 13.2 Å². The summed E-state index contributed by atoms with van der Waals surface area (Å²) in [6.07, 6.45) is -4.39. The number of carbonyl (C=O) groups is 1. The normalized spacial score (nSPS) is 14.2. The lowest BCUT2D eigenvalue weighted by Gasteiger charge is -2.36. The zero-order valence-corrected chi connectivity index (χ0v) is 19.5. The number of hydrogen-bond donors (Lipinski definition) is 0. The molecular weight excluding hydrogens is 469 g/mol. The standard InChI is InChI=1S/C27H23F3N4O2/c1-18-4-2-5-21(16-18)25-32-31-24(36-25)19-8-10-20(11-9-19)26(35)34-14-12-33(13-15-34)23-7-3-6-22(17-23)27(28,29)30/h2-11,16-17H,12-15H2,1H3. The molecule has 2 heterocycles. The fourth-order valence-corrected chi connectivity index (χ4v) is 4.22. The molecule has 1 amide bonds. The Morgan fingerprint density at radius 1 is 0.833 bits per heavy atom. The van der Waals surface area contributed by atoms with Gasteiger partial charge in [0.05, 0.1) is 5.56 Å². The van der Waals surface area contributed by atoms with Gasteiger partial charge in [-0.15, -0.1) is 10.2 Å². The first-order valence-electron chi connectivity index (χ1n) is 11.5. The molecule has 36 heavy (non-hydrogen) atoms. The number of rotatable bonds is 4. The topological polar surface area (TPSA) is 62.5 Å². The van der Waals surface area contributed by atoms with Gasteiger partial charge in [0.2, 0.25) is 11.8 Å². The number of nitrogens with zero attached hydrogens (tertiary/aromatic N) is 4. The van der Waals surface area contributed by atoms with Crippen LogP contribution in [0.3, 0.4) is 0 Å². The van der Waals surface area contributed by atoms with E-state index in [0.29, 0.717) is 54.8 Å². The Morgan fingerprint density at radius 3 is 2.17 bits per heavy atom. The maximum atomic E-state index is 13.0. The largest absolute Gasteiger partial charge is 0.416 e. The number of aryl methyl sites for hydroxylation is 1. The summed E-state index contributed by atoms with van der Waals surface area (Å²) in [4.78, 5) is 16.6. The summed E-state index contributed by atoms with van der Waals surface area (Å²) in [5, 5.41) is 8.25. The number of aromatic nitrogens is 2. The van der Waals surface area contributed by atoms with Crippen molar-refractivity contribution in [1.82, 2.24) is 15.1 Å². The first-order chi connectivity index (χ1) is 17.3. The van der Waals surface area contributed by atoms with Gasteiger partial charge >= 0.3 is 6.18 Å². The van der Waals surface area contributed by atoms with Crippen molar-refractivity contribution in [2.24, 2.45) is 0 Å². The third-order valence-electron chi connectivity index (χ3n) is 6.17. The highest BCUT2D eigenvalue weighted by molar-refractivity contribution is 5.94. The van der Waals surface area contributed by atoms with Gasteiger partial charge < -0.3 is 14.2 Å². The average molecular weight is 493 g/mol. The molecule has 1 saturated heterocycles. The molecule has 0 spiro atoms. The Hall–Kier alpha value is -4.14. The molecule has 184 valence electrons. The summed E-state index contributed by atoms with van der Waals surface area (Å²) in [7, 11) is 0. The first kappa shape index (κ1) is 23.6. The molecule has 6 nitrogen and oxygen atoms in total. The molecule has 1 aliphatic heterocycles. The lowest BCUT2D eigenvalue weighted by molar-refractivity contribution is -0.137. The maximum absolute atomic E-state index is 13.0. The number of carbonyl (C=O) groups excluding carboxylic acids is 1. The van der Waals surface area contributed by atoms with E-state index < -0.39 is 11.7 Å². The molecule has 0 unspecified atom stereocenters. The van der Waals surface area contributed by atoms with E-state index in [9.17, 15) is 18.0 Å². The molecule has 4 aromatic rings. The predicted octanol–water partition coefficient (Wildman–Crippen LogP) is 5.69. The fourth-order valence-electron chi connectivity index (χ4n) is 4.22. The Bertz CT molecular complexity index is 1370. The van der Waals surface area contributed by atoms with Crippen LogP contribution in [0.15, 0.2) is 77.2 Å². The minimum Gasteiger partial charge on any atom is -0.416 e. The van der Waals surface area contributed by atoms with Crippen molar-refractivity contribution in [3.05, 3.63) is 89.5 Å². The molecular formula is C27H23F3N4O2. The van der Waals surface area contributed by atoms with Crippen molar-refractivity contribution in [3.63, 3.8) is 0 Å². The van der Waals surface area contributed by atoms with E-state index in [1.54, 1.807) is 35.2 Å². The van der Waals surface area contributed by atoms with Crippen molar-refractivity contribution in [2.75, 3.05) is 31.1 Å². The van der Waals surface area contributed by atoms with Crippen molar-refractivity contribution in [2.45, 2.75) is 13.1 Å². The second-order valence-corrected chi connectivity index (χ2v) is 8.69. The quantitative estimate of drug-likeness (QED) is 0.366. The summed E-state index contributed by atoms with van der Waals surface area (Å²) in [5.41, 5.74) is 2.98. The van der Waals surface area contributed by atoms with Crippen LogP contribution >= 0.6 is 0 Å². The third kappa shape index (κ3) is 4.95. The molecule has 0 aliphatic carbocycles. The van der Waals surface area contributed by atoms with Gasteiger partial charge in [-0.1, -0.05) is 23.8 Å². The van der Waals surface area contributed by atoms with Crippen LogP contribution in [0.25, 0.3) is 22.9 Å². The Kier molecular flexibility index (Phi) is 6.22. The fraction of sp³-hybridized carbons (Fsp3) is 0.222. The van der Waals surface area contributed by atoms with E-state index in [-0.39, 0.29) is 5.91 Å². The molecule has 0 N–H and O–H groups in total. The SMILES string of the molecule is Cc1cccc(-c2nnc(-c3ccc(C(=O)N4CCN(c5cccc(C(F)(F)F)c5)CC4)cc3)o2)c1. The van der Waals surface area contributed by atoms with Gasteiger partial charge in [-0.25, -0.2) is 0 Å². The highest BCUT2D eigenvalue weighted by Crippen LogP contribution is 2.32. The lowest BCUT2D eigenvalue weighted by Crippen LogP contribution is -2.48. The van der Waals surface area contributed by atoms with Crippen LogP contribution in [-0.2, 0) is 6.18 Å². The minimum atomic E-state index is -4.39. The number of amides is 1. The van der Waals surface area contributed by atoms with Gasteiger partial charge in [0, 0.05) is 48.6 Å². The van der Waals surface area contributed by atoms with Crippen LogP contribution < -0.4 is 4.90 Å². The smallest absolute Gasteiger partial charge is 0.416 e. The number of benzene rings is 3. The number of halogens is 3. The van der Waals surface area contributed by atoms with Crippen LogP contribution in [0.1, 0.15) is 21.5 Å². The van der Waals surface area contributed by atoms with Crippen LogP contribution in [0.2, 0.25) is 0 Å². The monoisotopic (exact) mass is 492 g/mol. The Labute approximate surface area is 206 Å². The van der Waals surface area contributed by atoms with Crippen LogP contribution in [-0.4, -0.2) is 47.2 Å². The molecule has 1 aromatic heterocycles.